The van der Waals surface area contributed by atoms with Crippen LogP contribution in [0.25, 0.3) is 22.3 Å². The van der Waals surface area contributed by atoms with Gasteiger partial charge in [0.25, 0.3) is 0 Å². The molecule has 1 N–H and O–H groups in total. The van der Waals surface area contributed by atoms with E-state index < -0.39 is 5.60 Å². The third kappa shape index (κ3) is 6.14. The molecule has 9 heteroatoms. The van der Waals surface area contributed by atoms with E-state index in [4.69, 9.17) is 9.72 Å². The molecule has 39 heavy (non-hydrogen) atoms. The van der Waals surface area contributed by atoms with Gasteiger partial charge < -0.3 is 14.6 Å². The molecule has 4 aromatic rings. The van der Waals surface area contributed by atoms with Crippen LogP contribution in [0, 0.1) is 0 Å². The van der Waals surface area contributed by atoms with E-state index in [-0.39, 0.29) is 18.2 Å². The normalized spacial score (nSPS) is 15.7. The summed E-state index contributed by atoms with van der Waals surface area (Å²) in [7, 11) is 0. The van der Waals surface area contributed by atoms with Crippen LogP contribution in [0.1, 0.15) is 70.7 Å². The van der Waals surface area contributed by atoms with Crippen LogP contribution in [0.3, 0.4) is 0 Å². The molecule has 0 spiro atoms. The Balaban J connectivity index is 1.25. The lowest BCUT2D eigenvalue weighted by atomic mass is 10.1. The highest BCUT2D eigenvalue weighted by Crippen LogP contribution is 2.27. The molecule has 1 unspecified atom stereocenters. The van der Waals surface area contributed by atoms with Crippen LogP contribution in [-0.4, -0.2) is 72.4 Å². The molecule has 1 amide bonds. The largest absolute Gasteiger partial charge is 0.444 e. The highest BCUT2D eigenvalue weighted by atomic mass is 16.6. The molecule has 1 aliphatic heterocycles. The van der Waals surface area contributed by atoms with Gasteiger partial charge in [0.1, 0.15) is 11.4 Å². The number of amides is 1. The maximum absolute atomic E-state index is 12.4. The van der Waals surface area contributed by atoms with Crippen molar-refractivity contribution in [1.82, 2.24) is 34.5 Å². The molecule has 5 rings (SSSR count). The summed E-state index contributed by atoms with van der Waals surface area (Å²) in [5.74, 6) is 0.891. The van der Waals surface area contributed by atoms with Crippen molar-refractivity contribution in [3.8, 4) is 11.3 Å². The summed E-state index contributed by atoms with van der Waals surface area (Å²) < 4.78 is 7.57. The second-order valence-corrected chi connectivity index (χ2v) is 11.6. The van der Waals surface area contributed by atoms with E-state index in [2.05, 4.69) is 71.1 Å². The number of pyridine rings is 1. The molecular formula is C30H39N7O2. The number of ether oxygens (including phenoxy) is 1. The van der Waals surface area contributed by atoms with Gasteiger partial charge in [0, 0.05) is 68.3 Å². The van der Waals surface area contributed by atoms with Crippen molar-refractivity contribution in [3.63, 3.8) is 0 Å². The molecule has 0 aliphatic carbocycles. The lowest BCUT2D eigenvalue weighted by Crippen LogP contribution is -2.50. The van der Waals surface area contributed by atoms with Gasteiger partial charge in [-0.3, -0.25) is 14.6 Å². The number of aromatic nitrogens is 5. The van der Waals surface area contributed by atoms with Crippen molar-refractivity contribution in [2.75, 3.05) is 26.2 Å². The molecule has 1 aliphatic rings. The minimum Gasteiger partial charge on any atom is -0.444 e. The zero-order valence-electron chi connectivity index (χ0n) is 23.8. The van der Waals surface area contributed by atoms with Gasteiger partial charge in [-0.05, 0) is 77.4 Å². The summed E-state index contributed by atoms with van der Waals surface area (Å²) >= 11 is 0. The average molecular weight is 530 g/mol. The molecule has 9 nitrogen and oxygen atoms in total. The number of benzene rings is 1. The molecule has 1 atom stereocenters. The van der Waals surface area contributed by atoms with Crippen molar-refractivity contribution in [2.45, 2.75) is 65.6 Å². The Bertz CT molecular complexity index is 1440. The van der Waals surface area contributed by atoms with Crippen molar-refractivity contribution in [3.05, 3.63) is 65.9 Å². The Labute approximate surface area is 230 Å². The van der Waals surface area contributed by atoms with Crippen LogP contribution < -0.4 is 0 Å². The second kappa shape index (κ2) is 10.8. The highest BCUT2D eigenvalue weighted by molar-refractivity contribution is 5.81. The van der Waals surface area contributed by atoms with Crippen molar-refractivity contribution < 1.29 is 9.53 Å². The predicted octanol–water partition coefficient (Wildman–Crippen LogP) is 5.61. The zero-order valence-corrected chi connectivity index (χ0v) is 23.8. The van der Waals surface area contributed by atoms with Gasteiger partial charge in [0.05, 0.1) is 16.7 Å². The summed E-state index contributed by atoms with van der Waals surface area (Å²) in [4.78, 5) is 29.6. The summed E-state index contributed by atoms with van der Waals surface area (Å²) in [5, 5.41) is 4.47. The van der Waals surface area contributed by atoms with E-state index in [1.807, 2.05) is 43.9 Å². The molecule has 4 heterocycles. The van der Waals surface area contributed by atoms with Crippen molar-refractivity contribution in [2.24, 2.45) is 0 Å². The quantitative estimate of drug-likeness (QED) is 0.349. The molecule has 0 bridgehead atoms. The third-order valence-electron chi connectivity index (χ3n) is 7.17. The predicted molar refractivity (Wildman–Crippen MR) is 153 cm³/mol. The monoisotopic (exact) mass is 529 g/mol. The Kier molecular flexibility index (Phi) is 7.44. The van der Waals surface area contributed by atoms with Crippen LogP contribution >= 0.6 is 0 Å². The maximum Gasteiger partial charge on any atom is 0.410 e. The molecule has 0 saturated carbocycles. The minimum atomic E-state index is -0.478. The SMILES string of the molecule is CC(c1ccnc(Cc2nc3ccc(-c4ccnn4C(C)C)cc3[nH]2)c1)N1CCN(C(=O)OC(C)(C)C)CC1. The van der Waals surface area contributed by atoms with E-state index in [0.717, 1.165) is 46.9 Å². The Hall–Kier alpha value is -3.72. The minimum absolute atomic E-state index is 0.219. The summed E-state index contributed by atoms with van der Waals surface area (Å²) in [5.41, 5.74) is 5.87. The number of carbonyl (C=O) groups excluding carboxylic acids is 1. The fraction of sp³-hybridized carbons (Fsp3) is 0.467. The van der Waals surface area contributed by atoms with Gasteiger partial charge in [-0.25, -0.2) is 9.78 Å². The zero-order chi connectivity index (χ0) is 27.7. The van der Waals surface area contributed by atoms with Crippen LogP contribution in [0.5, 0.6) is 0 Å². The van der Waals surface area contributed by atoms with Crippen LogP contribution in [0.15, 0.2) is 48.8 Å². The topological polar surface area (TPSA) is 92.2 Å². The summed E-state index contributed by atoms with van der Waals surface area (Å²) in [6.45, 7) is 15.1. The van der Waals surface area contributed by atoms with Crippen molar-refractivity contribution >= 4 is 17.1 Å². The molecule has 206 valence electrons. The van der Waals surface area contributed by atoms with Crippen LogP contribution in [0.2, 0.25) is 0 Å². The number of H-pyrrole nitrogens is 1. The van der Waals surface area contributed by atoms with E-state index in [0.29, 0.717) is 19.5 Å². The number of hydrogen-bond donors (Lipinski definition) is 1. The summed E-state index contributed by atoms with van der Waals surface area (Å²) in [6, 6.07) is 13.1. The molecule has 1 fully saturated rings. The number of imidazole rings is 1. The maximum atomic E-state index is 12.4. The number of rotatable bonds is 6. The third-order valence-corrected chi connectivity index (χ3v) is 7.17. The number of carbonyl (C=O) groups is 1. The van der Waals surface area contributed by atoms with Gasteiger partial charge in [-0.15, -0.1) is 0 Å². The molecule has 1 aromatic carbocycles. The molecule has 0 radical (unpaired) electrons. The Morgan fingerprint density at radius 2 is 1.79 bits per heavy atom. The standard InChI is InChI=1S/C30H39N7O2/c1-20(2)37-27(10-12-32-37)23-7-8-25-26(18-23)34-28(33-25)19-24-17-22(9-11-31-24)21(3)35-13-15-36(16-14-35)29(38)39-30(4,5)6/h7-12,17-18,20-21H,13-16,19H2,1-6H3,(H,33,34). The Morgan fingerprint density at radius 3 is 2.51 bits per heavy atom. The first-order valence-corrected chi connectivity index (χ1v) is 13.8. The average Bonchev–Trinajstić information content (AvgIpc) is 3.54. The van der Waals surface area contributed by atoms with Crippen molar-refractivity contribution in [1.29, 1.82) is 0 Å². The fourth-order valence-corrected chi connectivity index (χ4v) is 5.11. The number of fused-ring (bicyclic) bond motifs is 1. The molecule has 3 aromatic heterocycles. The van der Waals surface area contributed by atoms with E-state index in [1.165, 1.54) is 5.56 Å². The highest BCUT2D eigenvalue weighted by Gasteiger charge is 2.28. The van der Waals surface area contributed by atoms with Gasteiger partial charge in [0.15, 0.2) is 0 Å². The van der Waals surface area contributed by atoms with E-state index in [1.54, 1.807) is 4.90 Å². The smallest absolute Gasteiger partial charge is 0.410 e. The first kappa shape index (κ1) is 26.9. The Morgan fingerprint density at radius 1 is 1.03 bits per heavy atom. The van der Waals surface area contributed by atoms with E-state index in [9.17, 15) is 4.79 Å². The van der Waals surface area contributed by atoms with Crippen LogP contribution in [0.4, 0.5) is 4.79 Å². The fourth-order valence-electron chi connectivity index (χ4n) is 5.11. The van der Waals surface area contributed by atoms with Gasteiger partial charge in [-0.1, -0.05) is 6.07 Å². The molecule has 1 saturated heterocycles. The van der Waals surface area contributed by atoms with Gasteiger partial charge in [0.2, 0.25) is 0 Å². The second-order valence-electron chi connectivity index (χ2n) is 11.6. The summed E-state index contributed by atoms with van der Waals surface area (Å²) in [6.07, 6.45) is 4.12. The first-order chi connectivity index (χ1) is 18.6. The number of nitrogens with one attached hydrogen (secondary N) is 1. The number of aromatic amines is 1. The van der Waals surface area contributed by atoms with Crippen LogP contribution in [-0.2, 0) is 11.2 Å². The number of hydrogen-bond acceptors (Lipinski definition) is 6. The lowest BCUT2D eigenvalue weighted by Gasteiger charge is -2.38. The molecular weight excluding hydrogens is 490 g/mol. The van der Waals surface area contributed by atoms with E-state index >= 15 is 0 Å². The first-order valence-electron chi connectivity index (χ1n) is 13.8. The van der Waals surface area contributed by atoms with Gasteiger partial charge >= 0.3 is 6.09 Å². The lowest BCUT2D eigenvalue weighted by molar-refractivity contribution is 0.0110. The number of nitrogens with zero attached hydrogens (tertiary/aromatic N) is 6. The number of piperazine rings is 1. The van der Waals surface area contributed by atoms with Gasteiger partial charge in [-0.2, -0.15) is 5.10 Å².